The van der Waals surface area contributed by atoms with Gasteiger partial charge in [0.15, 0.2) is 0 Å². The molecule has 2 aromatic rings. The minimum atomic E-state index is -0.695. The lowest BCUT2D eigenvalue weighted by molar-refractivity contribution is 0.191. The molecular weight excluding hydrogens is 377 g/mol. The summed E-state index contributed by atoms with van der Waals surface area (Å²) < 4.78 is 14.6. The third-order valence-corrected chi connectivity index (χ3v) is 4.01. The summed E-state index contributed by atoms with van der Waals surface area (Å²) in [6, 6.07) is 11.6. The molecule has 0 aliphatic rings. The Bertz CT molecular complexity index is 540. The van der Waals surface area contributed by atoms with Crippen LogP contribution in [0.15, 0.2) is 51.4 Å². The molecule has 2 nitrogen and oxygen atoms in total. The first kappa shape index (κ1) is 14.5. The molecule has 0 aliphatic heterocycles. The van der Waals surface area contributed by atoms with Gasteiger partial charge in [0.05, 0.1) is 11.8 Å². The smallest absolute Gasteiger partial charge is 0.123 e. The summed E-state index contributed by atoms with van der Waals surface area (Å²) in [7, 11) is 0. The second-order valence-electron chi connectivity index (χ2n) is 4.04. The fourth-order valence-corrected chi connectivity index (χ4v) is 2.95. The van der Waals surface area contributed by atoms with Crippen molar-refractivity contribution in [1.29, 1.82) is 0 Å². The van der Waals surface area contributed by atoms with Crippen molar-refractivity contribution in [3.63, 3.8) is 0 Å². The Kier molecular flexibility index (Phi) is 4.96. The van der Waals surface area contributed by atoms with Gasteiger partial charge < -0.3 is 10.4 Å². The highest BCUT2D eigenvalue weighted by molar-refractivity contribution is 9.11. The van der Waals surface area contributed by atoms with Gasteiger partial charge in [-0.25, -0.2) is 4.39 Å². The van der Waals surface area contributed by atoms with Crippen molar-refractivity contribution in [2.75, 3.05) is 11.9 Å². The van der Waals surface area contributed by atoms with E-state index in [1.165, 1.54) is 12.1 Å². The third kappa shape index (κ3) is 3.78. The van der Waals surface area contributed by atoms with Gasteiger partial charge in [0, 0.05) is 15.5 Å². The molecule has 0 amide bonds. The number of anilines is 1. The van der Waals surface area contributed by atoms with Crippen LogP contribution in [0.25, 0.3) is 0 Å². The van der Waals surface area contributed by atoms with Crippen LogP contribution in [-0.4, -0.2) is 11.7 Å². The van der Waals surface area contributed by atoms with Crippen LogP contribution >= 0.6 is 31.9 Å². The Morgan fingerprint density at radius 3 is 2.21 bits per heavy atom. The summed E-state index contributed by atoms with van der Waals surface area (Å²) >= 11 is 6.88. The monoisotopic (exact) mass is 387 g/mol. The zero-order valence-corrected chi connectivity index (χ0v) is 13.1. The van der Waals surface area contributed by atoms with Crippen molar-refractivity contribution in [3.8, 4) is 0 Å². The largest absolute Gasteiger partial charge is 0.387 e. The predicted octanol–water partition coefficient (Wildman–Crippen LogP) is 4.50. The van der Waals surface area contributed by atoms with Crippen molar-refractivity contribution >= 4 is 37.5 Å². The molecule has 2 rings (SSSR count). The van der Waals surface area contributed by atoms with E-state index in [-0.39, 0.29) is 5.82 Å². The molecule has 0 aromatic heterocycles. The van der Waals surface area contributed by atoms with Gasteiger partial charge >= 0.3 is 0 Å². The molecular formula is C14H12Br2FNO. The zero-order valence-electron chi connectivity index (χ0n) is 9.91. The first-order valence-electron chi connectivity index (χ1n) is 5.69. The normalized spacial score (nSPS) is 12.2. The molecule has 0 spiro atoms. The van der Waals surface area contributed by atoms with Crippen LogP contribution in [0.1, 0.15) is 11.7 Å². The van der Waals surface area contributed by atoms with E-state index in [9.17, 15) is 9.50 Å². The number of halogens is 3. The molecule has 0 radical (unpaired) electrons. The van der Waals surface area contributed by atoms with E-state index in [1.807, 2.05) is 18.2 Å². The van der Waals surface area contributed by atoms with Crippen molar-refractivity contribution < 1.29 is 9.50 Å². The summed E-state index contributed by atoms with van der Waals surface area (Å²) in [6.45, 7) is 0.340. The van der Waals surface area contributed by atoms with Gasteiger partial charge in [-0.1, -0.05) is 18.2 Å². The Labute approximate surface area is 127 Å². The lowest BCUT2D eigenvalue weighted by Gasteiger charge is -2.15. The number of benzene rings is 2. The average molecular weight is 389 g/mol. The van der Waals surface area contributed by atoms with Crippen molar-refractivity contribution in [2.24, 2.45) is 0 Å². The van der Waals surface area contributed by atoms with Crippen molar-refractivity contribution in [1.82, 2.24) is 0 Å². The standard InChI is InChI=1S/C14H12Br2FNO/c15-11-2-1-3-12(16)14(11)18-8-13(19)9-4-6-10(17)7-5-9/h1-7,13,18-19H,8H2. The lowest BCUT2D eigenvalue weighted by Crippen LogP contribution is -2.12. The molecule has 0 heterocycles. The van der Waals surface area contributed by atoms with E-state index >= 15 is 0 Å². The molecule has 2 N–H and O–H groups in total. The molecule has 0 saturated heterocycles. The van der Waals surface area contributed by atoms with E-state index in [2.05, 4.69) is 37.2 Å². The second kappa shape index (κ2) is 6.50. The Morgan fingerprint density at radius 2 is 1.63 bits per heavy atom. The molecule has 0 bridgehead atoms. The molecule has 0 fully saturated rings. The van der Waals surface area contributed by atoms with E-state index in [1.54, 1.807) is 12.1 Å². The van der Waals surface area contributed by atoms with E-state index in [0.29, 0.717) is 12.1 Å². The van der Waals surface area contributed by atoms with Crippen molar-refractivity contribution in [2.45, 2.75) is 6.10 Å². The molecule has 100 valence electrons. The maximum Gasteiger partial charge on any atom is 0.123 e. The SMILES string of the molecule is OC(CNc1c(Br)cccc1Br)c1ccc(F)cc1. The zero-order chi connectivity index (χ0) is 13.8. The van der Waals surface area contributed by atoms with Crippen LogP contribution in [0.2, 0.25) is 0 Å². The van der Waals surface area contributed by atoms with Gasteiger partial charge in [-0.3, -0.25) is 0 Å². The van der Waals surface area contributed by atoms with Gasteiger partial charge in [-0.15, -0.1) is 0 Å². The number of rotatable bonds is 4. The molecule has 2 aromatic carbocycles. The lowest BCUT2D eigenvalue weighted by atomic mass is 10.1. The van der Waals surface area contributed by atoms with E-state index < -0.39 is 6.10 Å². The number of hydrogen-bond donors (Lipinski definition) is 2. The maximum absolute atomic E-state index is 12.8. The first-order chi connectivity index (χ1) is 9.08. The Balaban J connectivity index is 2.04. The number of para-hydroxylation sites is 1. The van der Waals surface area contributed by atoms with Crippen LogP contribution in [0, 0.1) is 5.82 Å². The molecule has 19 heavy (non-hydrogen) atoms. The second-order valence-corrected chi connectivity index (χ2v) is 5.75. The van der Waals surface area contributed by atoms with Crippen LogP contribution in [0.3, 0.4) is 0 Å². The first-order valence-corrected chi connectivity index (χ1v) is 7.28. The van der Waals surface area contributed by atoms with Crippen LogP contribution in [-0.2, 0) is 0 Å². The highest BCUT2D eigenvalue weighted by atomic mass is 79.9. The Morgan fingerprint density at radius 1 is 1.05 bits per heavy atom. The van der Waals surface area contributed by atoms with Gasteiger partial charge in [0.1, 0.15) is 5.82 Å². The topological polar surface area (TPSA) is 32.3 Å². The number of nitrogens with one attached hydrogen (secondary N) is 1. The minimum absolute atomic E-state index is 0.308. The maximum atomic E-state index is 12.8. The number of hydrogen-bond acceptors (Lipinski definition) is 2. The fourth-order valence-electron chi connectivity index (χ4n) is 1.67. The molecule has 5 heteroatoms. The summed E-state index contributed by atoms with van der Waals surface area (Å²) in [4.78, 5) is 0. The van der Waals surface area contributed by atoms with Gasteiger partial charge in [0.25, 0.3) is 0 Å². The fraction of sp³-hybridized carbons (Fsp3) is 0.143. The number of aliphatic hydroxyl groups is 1. The molecule has 0 aliphatic carbocycles. The highest BCUT2D eigenvalue weighted by Crippen LogP contribution is 2.31. The molecule has 1 atom stereocenters. The van der Waals surface area contributed by atoms with Crippen LogP contribution in [0.4, 0.5) is 10.1 Å². The predicted molar refractivity (Wildman–Crippen MR) is 81.7 cm³/mol. The number of aliphatic hydroxyl groups excluding tert-OH is 1. The van der Waals surface area contributed by atoms with Crippen LogP contribution < -0.4 is 5.32 Å². The quantitative estimate of drug-likeness (QED) is 0.808. The van der Waals surface area contributed by atoms with E-state index in [0.717, 1.165) is 14.6 Å². The van der Waals surface area contributed by atoms with E-state index in [4.69, 9.17) is 0 Å². The van der Waals surface area contributed by atoms with Crippen molar-refractivity contribution in [3.05, 3.63) is 62.8 Å². The van der Waals surface area contributed by atoms with Gasteiger partial charge in [-0.05, 0) is 61.7 Å². The highest BCUT2D eigenvalue weighted by Gasteiger charge is 2.10. The van der Waals surface area contributed by atoms with Gasteiger partial charge in [-0.2, -0.15) is 0 Å². The molecule has 1 unspecified atom stereocenters. The Hall–Kier alpha value is -0.910. The molecule has 0 saturated carbocycles. The minimum Gasteiger partial charge on any atom is -0.387 e. The van der Waals surface area contributed by atoms with Crippen LogP contribution in [0.5, 0.6) is 0 Å². The summed E-state index contributed by atoms with van der Waals surface area (Å²) in [5.74, 6) is -0.308. The summed E-state index contributed by atoms with van der Waals surface area (Å²) in [5.41, 5.74) is 1.56. The summed E-state index contributed by atoms with van der Waals surface area (Å²) in [5, 5.41) is 13.2. The summed E-state index contributed by atoms with van der Waals surface area (Å²) in [6.07, 6.45) is -0.695. The third-order valence-electron chi connectivity index (χ3n) is 2.69. The van der Waals surface area contributed by atoms with Gasteiger partial charge in [0.2, 0.25) is 0 Å². The average Bonchev–Trinajstić information content (AvgIpc) is 2.38.